The van der Waals surface area contributed by atoms with Crippen molar-refractivity contribution in [1.82, 2.24) is 0 Å². The van der Waals surface area contributed by atoms with E-state index in [1.807, 2.05) is 29.4 Å². The summed E-state index contributed by atoms with van der Waals surface area (Å²) in [6.07, 6.45) is 1.87. The van der Waals surface area contributed by atoms with Crippen LogP contribution in [0, 0.1) is 41.1 Å². The minimum Gasteiger partial charge on any atom is -0.206 e. The summed E-state index contributed by atoms with van der Waals surface area (Å²) in [4.78, 5) is 3.35. The molecule has 0 aliphatic carbocycles. The predicted molar refractivity (Wildman–Crippen MR) is 121 cm³/mol. The summed E-state index contributed by atoms with van der Waals surface area (Å²) in [7, 11) is 0. The number of hydrogen-bond acceptors (Lipinski definition) is 2. The van der Waals surface area contributed by atoms with Crippen LogP contribution >= 0.6 is 12.2 Å². The van der Waals surface area contributed by atoms with Gasteiger partial charge < -0.3 is 0 Å². The van der Waals surface area contributed by atoms with Gasteiger partial charge in [0, 0.05) is 28.7 Å². The van der Waals surface area contributed by atoms with E-state index in [1.54, 1.807) is 6.07 Å². The molecule has 5 heteroatoms. The molecule has 0 spiro atoms. The smallest absolute Gasteiger partial charge is 0.153 e. The van der Waals surface area contributed by atoms with E-state index in [0.29, 0.717) is 5.56 Å². The molecule has 0 bridgehead atoms. The molecule has 0 unspecified atom stereocenters. The van der Waals surface area contributed by atoms with Crippen molar-refractivity contribution in [1.29, 1.82) is 0 Å². The van der Waals surface area contributed by atoms with Crippen molar-refractivity contribution in [3.05, 3.63) is 88.7 Å². The summed E-state index contributed by atoms with van der Waals surface area (Å²) in [5, 5.41) is 1.92. The Balaban J connectivity index is 1.83. The number of benzene rings is 3. The molecule has 3 rings (SSSR count). The number of halogens is 3. The summed E-state index contributed by atoms with van der Waals surface area (Å²) in [5.74, 6) is 9.49. The second-order valence-corrected chi connectivity index (χ2v) is 6.75. The topological polar surface area (TPSA) is 12.4 Å². The molecule has 1 nitrogen and oxygen atoms in total. The minimum atomic E-state index is -0.946. The van der Waals surface area contributed by atoms with E-state index in [2.05, 4.69) is 47.8 Å². The predicted octanol–water partition coefficient (Wildman–Crippen LogP) is 7.06. The Bertz CT molecular complexity index is 1260. The molecule has 3 aromatic carbocycles. The van der Waals surface area contributed by atoms with Crippen LogP contribution in [0.1, 0.15) is 36.5 Å². The lowest BCUT2D eigenvalue weighted by atomic mass is 10.0. The van der Waals surface area contributed by atoms with Crippen molar-refractivity contribution in [2.75, 3.05) is 0 Å². The van der Waals surface area contributed by atoms with E-state index in [0.717, 1.165) is 36.1 Å². The third-order valence-corrected chi connectivity index (χ3v) is 4.39. The first kappa shape index (κ1) is 22.1. The van der Waals surface area contributed by atoms with Crippen LogP contribution in [-0.2, 0) is 0 Å². The number of isothiocyanates is 1. The van der Waals surface area contributed by atoms with E-state index >= 15 is 0 Å². The maximum Gasteiger partial charge on any atom is 0.153 e. The zero-order valence-electron chi connectivity index (χ0n) is 16.6. The highest BCUT2D eigenvalue weighted by Crippen LogP contribution is 2.30. The van der Waals surface area contributed by atoms with Gasteiger partial charge in [0.25, 0.3) is 0 Å². The number of rotatable bonds is 3. The zero-order chi connectivity index (χ0) is 22.2. The number of hydrogen-bond donors (Lipinski definition) is 0. The fourth-order valence-electron chi connectivity index (χ4n) is 2.77. The monoisotopic (exact) mass is 431 g/mol. The van der Waals surface area contributed by atoms with Gasteiger partial charge in [-0.25, -0.2) is 13.2 Å². The highest BCUT2D eigenvalue weighted by atomic mass is 32.1. The van der Waals surface area contributed by atoms with Gasteiger partial charge in [-0.2, -0.15) is 4.99 Å². The maximum absolute atomic E-state index is 14.6. The average Bonchev–Trinajstić information content (AvgIpc) is 2.76. The van der Waals surface area contributed by atoms with Crippen LogP contribution in [0.25, 0.3) is 11.1 Å². The lowest BCUT2D eigenvalue weighted by Gasteiger charge is -2.06. The third-order valence-electron chi connectivity index (χ3n) is 4.30. The summed E-state index contributed by atoms with van der Waals surface area (Å²) < 4.78 is 42.7. The van der Waals surface area contributed by atoms with Crippen molar-refractivity contribution in [2.45, 2.75) is 19.8 Å². The van der Waals surface area contributed by atoms with Crippen LogP contribution in [0.15, 0.2) is 59.6 Å². The number of nitrogens with zero attached hydrogens (tertiary/aromatic N) is 1. The van der Waals surface area contributed by atoms with Gasteiger partial charge in [0.1, 0.15) is 11.5 Å². The molecule has 152 valence electrons. The van der Waals surface area contributed by atoms with E-state index in [4.69, 9.17) is 0 Å². The molecule has 0 radical (unpaired) electrons. The van der Waals surface area contributed by atoms with Crippen LogP contribution in [0.3, 0.4) is 0 Å². The molecule has 0 atom stereocenters. The third kappa shape index (κ3) is 5.71. The highest BCUT2D eigenvalue weighted by molar-refractivity contribution is 7.78. The molecule has 0 aliphatic rings. The van der Waals surface area contributed by atoms with Crippen molar-refractivity contribution in [3.63, 3.8) is 0 Å². The SMILES string of the molecule is CCCC#Cc1ccc(C#Cc2ccc(-c3cc(F)c(N=C=S)c(F)c3)c(F)c2)cc1. The Labute approximate surface area is 184 Å². The molecule has 0 aliphatic heterocycles. The van der Waals surface area contributed by atoms with Gasteiger partial charge >= 0.3 is 0 Å². The Morgan fingerprint density at radius 3 is 1.94 bits per heavy atom. The normalized spacial score (nSPS) is 9.68. The summed E-state index contributed by atoms with van der Waals surface area (Å²) in [5.41, 5.74) is 1.67. The minimum absolute atomic E-state index is 0.0510. The van der Waals surface area contributed by atoms with Gasteiger partial charge in [-0.1, -0.05) is 36.7 Å². The van der Waals surface area contributed by atoms with Crippen LogP contribution in [0.4, 0.5) is 18.9 Å². The average molecular weight is 431 g/mol. The van der Waals surface area contributed by atoms with E-state index < -0.39 is 23.1 Å². The first-order valence-electron chi connectivity index (χ1n) is 9.49. The molecular formula is C26H16F3NS. The molecule has 0 aromatic heterocycles. The first-order chi connectivity index (χ1) is 15.0. The molecule has 0 amide bonds. The molecule has 0 fully saturated rings. The van der Waals surface area contributed by atoms with E-state index in [9.17, 15) is 13.2 Å². The second kappa shape index (κ2) is 10.4. The Kier molecular flexibility index (Phi) is 7.41. The van der Waals surface area contributed by atoms with Gasteiger partial charge in [-0.3, -0.25) is 0 Å². The largest absolute Gasteiger partial charge is 0.206 e. The summed E-state index contributed by atoms with van der Waals surface area (Å²) >= 11 is 4.37. The Morgan fingerprint density at radius 1 is 0.774 bits per heavy atom. The zero-order valence-corrected chi connectivity index (χ0v) is 17.4. The van der Waals surface area contributed by atoms with Crippen LogP contribution in [0.2, 0.25) is 0 Å². The van der Waals surface area contributed by atoms with Crippen molar-refractivity contribution >= 4 is 23.1 Å². The molecule has 0 heterocycles. The maximum atomic E-state index is 14.6. The molecule has 3 aromatic rings. The van der Waals surface area contributed by atoms with Crippen LogP contribution in [0.5, 0.6) is 0 Å². The van der Waals surface area contributed by atoms with Gasteiger partial charge in [0.2, 0.25) is 0 Å². The fraction of sp³-hybridized carbons (Fsp3) is 0.115. The molecule has 0 saturated heterocycles. The van der Waals surface area contributed by atoms with Gasteiger partial charge in [0.05, 0.1) is 5.16 Å². The Hall–Kier alpha value is -3.63. The lowest BCUT2D eigenvalue weighted by Crippen LogP contribution is -1.90. The van der Waals surface area contributed by atoms with Crippen LogP contribution in [-0.4, -0.2) is 5.16 Å². The number of unbranched alkanes of at least 4 members (excludes halogenated alkanes) is 1. The van der Waals surface area contributed by atoms with Gasteiger partial charge in [0.15, 0.2) is 11.6 Å². The van der Waals surface area contributed by atoms with Crippen molar-refractivity contribution in [3.8, 4) is 34.8 Å². The van der Waals surface area contributed by atoms with Crippen molar-refractivity contribution in [2.24, 2.45) is 4.99 Å². The lowest BCUT2D eigenvalue weighted by molar-refractivity contribution is 0.588. The van der Waals surface area contributed by atoms with Crippen LogP contribution < -0.4 is 0 Å². The number of thiocarbonyl (C=S) groups is 1. The summed E-state index contributed by atoms with van der Waals surface area (Å²) in [6, 6.07) is 13.7. The number of aliphatic imine (C=N–C) groups is 1. The highest BCUT2D eigenvalue weighted by Gasteiger charge is 2.14. The molecule has 31 heavy (non-hydrogen) atoms. The Morgan fingerprint density at radius 2 is 1.35 bits per heavy atom. The van der Waals surface area contributed by atoms with Gasteiger partial charge in [-0.05, 0) is 72.7 Å². The molecular weight excluding hydrogens is 415 g/mol. The van der Waals surface area contributed by atoms with Gasteiger partial charge in [-0.15, -0.1) is 0 Å². The quantitative estimate of drug-likeness (QED) is 0.246. The van der Waals surface area contributed by atoms with E-state index in [-0.39, 0.29) is 11.1 Å². The molecule has 0 saturated carbocycles. The standard InChI is InChI=1S/C26H16F3NS/c1-2-3-4-5-18-6-8-19(9-7-18)10-11-20-12-13-22(23(27)14-20)21-15-24(28)26(30-17-31)25(29)16-21/h6-9,12-16H,2-3H2,1H3. The molecule has 0 N–H and O–H groups in total. The van der Waals surface area contributed by atoms with Crippen molar-refractivity contribution < 1.29 is 13.2 Å². The fourth-order valence-corrected chi connectivity index (χ4v) is 2.86. The summed E-state index contributed by atoms with van der Waals surface area (Å²) in [6.45, 7) is 2.08. The van der Waals surface area contributed by atoms with E-state index in [1.165, 1.54) is 12.1 Å². The second-order valence-electron chi connectivity index (χ2n) is 6.57. The first-order valence-corrected chi connectivity index (χ1v) is 9.90.